The molecule has 0 spiro atoms. The van der Waals surface area contributed by atoms with Gasteiger partial charge in [-0.2, -0.15) is 0 Å². The van der Waals surface area contributed by atoms with E-state index < -0.39 is 6.10 Å². The van der Waals surface area contributed by atoms with Crippen LogP contribution in [0, 0.1) is 0 Å². The number of benzene rings is 1. The number of amidine groups is 1. The SMILES string of the molecule is CC(ON=C(N)c1ccc(N2CCCCC2)nc1)C(=O)Nc1ccccc1C(C)C. The molecule has 0 radical (unpaired) electrons. The fourth-order valence-electron chi connectivity index (χ4n) is 3.43. The molecule has 1 aromatic carbocycles. The van der Waals surface area contributed by atoms with E-state index in [1.54, 1.807) is 13.1 Å². The highest BCUT2D eigenvalue weighted by atomic mass is 16.6. The molecule has 2 heterocycles. The zero-order valence-electron chi connectivity index (χ0n) is 18.0. The highest BCUT2D eigenvalue weighted by Gasteiger charge is 2.17. The number of nitrogens with two attached hydrogens (primary N) is 1. The topological polar surface area (TPSA) is 92.8 Å². The van der Waals surface area contributed by atoms with Crippen molar-refractivity contribution in [2.45, 2.75) is 52.1 Å². The van der Waals surface area contributed by atoms with Crippen LogP contribution in [0.2, 0.25) is 0 Å². The standard InChI is InChI=1S/C23H31N5O2/c1-16(2)19-9-5-6-10-20(19)26-23(29)17(3)30-27-22(24)18-11-12-21(25-15-18)28-13-7-4-8-14-28/h5-6,9-12,15-17H,4,7-8,13-14H2,1-3H3,(H2,24,27)(H,26,29). The number of nitrogens with one attached hydrogen (secondary N) is 1. The number of hydrogen-bond donors (Lipinski definition) is 2. The van der Waals surface area contributed by atoms with E-state index in [4.69, 9.17) is 10.6 Å². The van der Waals surface area contributed by atoms with Gasteiger partial charge in [-0.25, -0.2) is 4.98 Å². The number of para-hydroxylation sites is 1. The molecule has 30 heavy (non-hydrogen) atoms. The lowest BCUT2D eigenvalue weighted by molar-refractivity contribution is -0.126. The molecule has 2 aromatic rings. The first-order chi connectivity index (χ1) is 14.5. The molecule has 3 rings (SSSR count). The third kappa shape index (κ3) is 5.49. The van der Waals surface area contributed by atoms with E-state index in [0.29, 0.717) is 11.5 Å². The summed E-state index contributed by atoms with van der Waals surface area (Å²) in [6.07, 6.45) is 4.57. The molecule has 0 bridgehead atoms. The van der Waals surface area contributed by atoms with Crippen molar-refractivity contribution in [2.24, 2.45) is 10.9 Å². The van der Waals surface area contributed by atoms with Gasteiger partial charge in [-0.3, -0.25) is 4.79 Å². The molecule has 1 saturated heterocycles. The number of aromatic nitrogens is 1. The average molecular weight is 410 g/mol. The van der Waals surface area contributed by atoms with Crippen molar-refractivity contribution in [3.05, 3.63) is 53.7 Å². The Morgan fingerprint density at radius 3 is 2.53 bits per heavy atom. The Balaban J connectivity index is 1.58. The highest BCUT2D eigenvalue weighted by Crippen LogP contribution is 2.24. The molecule has 1 aliphatic rings. The molecule has 3 N–H and O–H groups in total. The first-order valence-electron chi connectivity index (χ1n) is 10.6. The Labute approximate surface area is 178 Å². The van der Waals surface area contributed by atoms with Gasteiger partial charge in [-0.15, -0.1) is 0 Å². The van der Waals surface area contributed by atoms with Crippen molar-refractivity contribution in [3.63, 3.8) is 0 Å². The minimum absolute atomic E-state index is 0.190. The van der Waals surface area contributed by atoms with Gasteiger partial charge in [0.05, 0.1) is 0 Å². The smallest absolute Gasteiger partial charge is 0.267 e. The first-order valence-corrected chi connectivity index (χ1v) is 10.6. The predicted octanol–water partition coefficient (Wildman–Crippen LogP) is 3.86. The Bertz CT molecular complexity index is 873. The molecule has 0 aliphatic carbocycles. The predicted molar refractivity (Wildman–Crippen MR) is 121 cm³/mol. The second-order valence-electron chi connectivity index (χ2n) is 7.91. The zero-order chi connectivity index (χ0) is 21.5. The average Bonchev–Trinajstić information content (AvgIpc) is 2.78. The number of carbonyl (C=O) groups is 1. The molecule has 7 heteroatoms. The second-order valence-corrected chi connectivity index (χ2v) is 7.91. The van der Waals surface area contributed by atoms with Crippen LogP contribution in [0.25, 0.3) is 0 Å². The lowest BCUT2D eigenvalue weighted by Gasteiger charge is -2.27. The number of piperidine rings is 1. The summed E-state index contributed by atoms with van der Waals surface area (Å²) in [5, 5.41) is 6.84. The van der Waals surface area contributed by atoms with Crippen LogP contribution in [0.15, 0.2) is 47.8 Å². The molecule has 160 valence electrons. The summed E-state index contributed by atoms with van der Waals surface area (Å²) < 4.78 is 0. The van der Waals surface area contributed by atoms with Gasteiger partial charge >= 0.3 is 0 Å². The minimum atomic E-state index is -0.788. The van der Waals surface area contributed by atoms with E-state index in [2.05, 4.69) is 34.2 Å². The van der Waals surface area contributed by atoms with Crippen molar-refractivity contribution in [2.75, 3.05) is 23.3 Å². The van der Waals surface area contributed by atoms with Gasteiger partial charge in [-0.1, -0.05) is 37.2 Å². The summed E-state index contributed by atoms with van der Waals surface area (Å²) in [4.78, 5) is 24.6. The quantitative estimate of drug-likeness (QED) is 0.411. The van der Waals surface area contributed by atoms with Gasteiger partial charge in [-0.05, 0) is 55.9 Å². The monoisotopic (exact) mass is 409 g/mol. The fourth-order valence-corrected chi connectivity index (χ4v) is 3.43. The van der Waals surface area contributed by atoms with E-state index >= 15 is 0 Å². The van der Waals surface area contributed by atoms with Crippen molar-refractivity contribution in [1.29, 1.82) is 0 Å². The van der Waals surface area contributed by atoms with Crippen LogP contribution in [0.3, 0.4) is 0 Å². The summed E-state index contributed by atoms with van der Waals surface area (Å²) in [6.45, 7) is 7.87. The van der Waals surface area contributed by atoms with E-state index in [9.17, 15) is 4.79 Å². The molecular formula is C23H31N5O2. The van der Waals surface area contributed by atoms with Gasteiger partial charge in [0, 0.05) is 30.5 Å². The molecule has 0 saturated carbocycles. The molecule has 1 fully saturated rings. The summed E-state index contributed by atoms with van der Waals surface area (Å²) in [6, 6.07) is 11.6. The van der Waals surface area contributed by atoms with Crippen molar-refractivity contribution < 1.29 is 9.63 Å². The normalized spacial score (nSPS) is 15.7. The summed E-state index contributed by atoms with van der Waals surface area (Å²) >= 11 is 0. The Morgan fingerprint density at radius 2 is 1.87 bits per heavy atom. The zero-order valence-corrected chi connectivity index (χ0v) is 18.0. The van der Waals surface area contributed by atoms with Crippen LogP contribution in [-0.2, 0) is 9.63 Å². The number of pyridine rings is 1. The molecule has 1 aliphatic heterocycles. The van der Waals surface area contributed by atoms with Crippen LogP contribution in [0.4, 0.5) is 11.5 Å². The van der Waals surface area contributed by atoms with Gasteiger partial charge in [0.15, 0.2) is 5.84 Å². The second kappa shape index (κ2) is 10.1. The Hall–Kier alpha value is -3.09. The van der Waals surface area contributed by atoms with Crippen LogP contribution in [0.1, 0.15) is 57.1 Å². The lowest BCUT2D eigenvalue weighted by Crippen LogP contribution is -2.30. The number of nitrogens with zero attached hydrogens (tertiary/aromatic N) is 3. The number of oxime groups is 1. The number of amides is 1. The van der Waals surface area contributed by atoms with E-state index in [-0.39, 0.29) is 11.7 Å². The van der Waals surface area contributed by atoms with Gasteiger partial charge < -0.3 is 20.8 Å². The van der Waals surface area contributed by atoms with E-state index in [1.165, 1.54) is 19.3 Å². The number of carbonyl (C=O) groups excluding carboxylic acids is 1. The van der Waals surface area contributed by atoms with Crippen LogP contribution < -0.4 is 16.0 Å². The van der Waals surface area contributed by atoms with Crippen LogP contribution in [-0.4, -0.2) is 35.9 Å². The maximum atomic E-state index is 12.5. The number of anilines is 2. The van der Waals surface area contributed by atoms with Crippen molar-refractivity contribution >= 4 is 23.2 Å². The van der Waals surface area contributed by atoms with Gasteiger partial charge in [0.25, 0.3) is 5.91 Å². The summed E-state index contributed by atoms with van der Waals surface area (Å²) in [5.74, 6) is 1.16. The third-order valence-electron chi connectivity index (χ3n) is 5.24. The highest BCUT2D eigenvalue weighted by molar-refractivity contribution is 5.97. The Morgan fingerprint density at radius 1 is 1.13 bits per heavy atom. The Kier molecular flexibility index (Phi) is 7.27. The maximum absolute atomic E-state index is 12.5. The number of rotatable bonds is 7. The molecule has 1 atom stereocenters. The molecule has 1 unspecified atom stereocenters. The minimum Gasteiger partial charge on any atom is -0.381 e. The largest absolute Gasteiger partial charge is 0.381 e. The molecule has 1 aromatic heterocycles. The molecular weight excluding hydrogens is 378 g/mol. The lowest BCUT2D eigenvalue weighted by atomic mass is 10.0. The van der Waals surface area contributed by atoms with E-state index in [1.807, 2.05) is 36.4 Å². The van der Waals surface area contributed by atoms with Gasteiger partial charge in [0.1, 0.15) is 5.82 Å². The maximum Gasteiger partial charge on any atom is 0.267 e. The molecule has 7 nitrogen and oxygen atoms in total. The van der Waals surface area contributed by atoms with Crippen LogP contribution in [0.5, 0.6) is 0 Å². The fraction of sp³-hybridized carbons (Fsp3) is 0.435. The molecule has 1 amide bonds. The third-order valence-corrected chi connectivity index (χ3v) is 5.24. The summed E-state index contributed by atoms with van der Waals surface area (Å²) in [7, 11) is 0. The van der Waals surface area contributed by atoms with E-state index in [0.717, 1.165) is 30.2 Å². The first kappa shape index (κ1) is 21.6. The van der Waals surface area contributed by atoms with Crippen LogP contribution >= 0.6 is 0 Å². The summed E-state index contributed by atoms with van der Waals surface area (Å²) in [5.41, 5.74) is 8.54. The van der Waals surface area contributed by atoms with Crippen molar-refractivity contribution in [1.82, 2.24) is 4.98 Å². The number of hydrogen-bond acceptors (Lipinski definition) is 5. The van der Waals surface area contributed by atoms with Gasteiger partial charge in [0.2, 0.25) is 6.10 Å². The van der Waals surface area contributed by atoms with Crippen molar-refractivity contribution in [3.8, 4) is 0 Å².